The first-order valence-corrected chi connectivity index (χ1v) is 16.9. The van der Waals surface area contributed by atoms with Gasteiger partial charge in [0.1, 0.15) is 0 Å². The summed E-state index contributed by atoms with van der Waals surface area (Å²) in [5, 5.41) is 0. The standard InChI is InChI=1S/C18H34O2.C18H32O2/c2*1-3-5-6-7-8-9-10-11-12-13-14-15-16-17-18(19)20-4-2/h9-10H,3-8,11-17H2,1-2H3;6-7,9-10H,3-5,8,11-17H2,1-2H3. The van der Waals surface area contributed by atoms with Crippen molar-refractivity contribution in [3.8, 4) is 0 Å². The molecule has 0 unspecified atom stereocenters. The Morgan fingerprint density at radius 1 is 0.425 bits per heavy atom. The smallest absolute Gasteiger partial charge is 0.305 e. The summed E-state index contributed by atoms with van der Waals surface area (Å²) < 4.78 is 9.80. The van der Waals surface area contributed by atoms with Crippen molar-refractivity contribution in [3.05, 3.63) is 36.5 Å². The van der Waals surface area contributed by atoms with E-state index in [0.717, 1.165) is 32.1 Å². The molecule has 4 heteroatoms. The zero-order valence-electron chi connectivity index (χ0n) is 27.1. The van der Waals surface area contributed by atoms with Gasteiger partial charge in [-0.1, -0.05) is 115 Å². The molecule has 0 amide bonds. The topological polar surface area (TPSA) is 52.6 Å². The summed E-state index contributed by atoms with van der Waals surface area (Å²) in [6.45, 7) is 9.16. The van der Waals surface area contributed by atoms with E-state index in [4.69, 9.17) is 9.47 Å². The van der Waals surface area contributed by atoms with Crippen LogP contribution in [0.15, 0.2) is 36.5 Å². The van der Waals surface area contributed by atoms with Crippen molar-refractivity contribution >= 4 is 11.9 Å². The van der Waals surface area contributed by atoms with Crippen LogP contribution < -0.4 is 0 Å². The van der Waals surface area contributed by atoms with E-state index in [0.29, 0.717) is 26.1 Å². The predicted molar refractivity (Wildman–Crippen MR) is 174 cm³/mol. The van der Waals surface area contributed by atoms with E-state index in [1.54, 1.807) is 0 Å². The van der Waals surface area contributed by atoms with E-state index < -0.39 is 0 Å². The molecular weight excluding hydrogens is 496 g/mol. The molecule has 0 spiro atoms. The zero-order chi connectivity index (χ0) is 29.8. The fraction of sp³-hybridized carbons (Fsp3) is 0.778. The Labute approximate surface area is 249 Å². The Kier molecular flexibility index (Phi) is 37.4. The molecular formula is C36H66O4. The van der Waals surface area contributed by atoms with Crippen LogP contribution in [0.3, 0.4) is 0 Å². The van der Waals surface area contributed by atoms with Gasteiger partial charge in [-0.15, -0.1) is 0 Å². The van der Waals surface area contributed by atoms with Crippen molar-refractivity contribution < 1.29 is 19.1 Å². The van der Waals surface area contributed by atoms with Crippen LogP contribution in [0.2, 0.25) is 0 Å². The Morgan fingerprint density at radius 3 is 1.23 bits per heavy atom. The van der Waals surface area contributed by atoms with Crippen LogP contribution in [0.25, 0.3) is 0 Å². The number of carbonyl (C=O) groups excluding carboxylic acids is 2. The third-order valence-electron chi connectivity index (χ3n) is 6.57. The van der Waals surface area contributed by atoms with E-state index in [2.05, 4.69) is 50.3 Å². The van der Waals surface area contributed by atoms with Crippen molar-refractivity contribution in [3.63, 3.8) is 0 Å². The molecule has 0 aromatic rings. The number of hydrogen-bond acceptors (Lipinski definition) is 4. The summed E-state index contributed by atoms with van der Waals surface area (Å²) in [5.41, 5.74) is 0. The van der Waals surface area contributed by atoms with E-state index in [1.165, 1.54) is 96.3 Å². The molecule has 0 bridgehead atoms. The monoisotopic (exact) mass is 562 g/mol. The minimum Gasteiger partial charge on any atom is -0.466 e. The van der Waals surface area contributed by atoms with Gasteiger partial charge in [0.2, 0.25) is 0 Å². The number of allylic oxidation sites excluding steroid dienone is 6. The lowest BCUT2D eigenvalue weighted by Gasteiger charge is -2.01. The minimum absolute atomic E-state index is 0.0430. The SMILES string of the molecule is CCCC=CCC=CCCCCCCCC(=O)OCC.CCCCCCC=CCCCCCCCC(=O)OCC. The third-order valence-corrected chi connectivity index (χ3v) is 6.57. The maximum atomic E-state index is 11.1. The number of unbranched alkanes of at least 4 members (excludes halogenated alkanes) is 15. The van der Waals surface area contributed by atoms with E-state index >= 15 is 0 Å². The lowest BCUT2D eigenvalue weighted by Crippen LogP contribution is -2.03. The van der Waals surface area contributed by atoms with Gasteiger partial charge in [-0.05, 0) is 78.1 Å². The molecule has 0 saturated heterocycles. The largest absolute Gasteiger partial charge is 0.466 e. The number of esters is 2. The Morgan fingerprint density at radius 2 is 0.800 bits per heavy atom. The van der Waals surface area contributed by atoms with Crippen molar-refractivity contribution in [2.24, 2.45) is 0 Å². The van der Waals surface area contributed by atoms with Crippen LogP contribution in [0.1, 0.15) is 169 Å². The first-order valence-electron chi connectivity index (χ1n) is 16.9. The molecule has 0 radical (unpaired) electrons. The average molecular weight is 563 g/mol. The Bertz CT molecular complexity index is 606. The highest BCUT2D eigenvalue weighted by Crippen LogP contribution is 2.10. The van der Waals surface area contributed by atoms with Crippen LogP contribution in [0.4, 0.5) is 0 Å². The van der Waals surface area contributed by atoms with Gasteiger partial charge in [-0.3, -0.25) is 9.59 Å². The summed E-state index contributed by atoms with van der Waals surface area (Å²) in [6, 6.07) is 0. The molecule has 0 atom stereocenters. The molecule has 0 saturated carbocycles. The van der Waals surface area contributed by atoms with Crippen LogP contribution in [-0.4, -0.2) is 25.2 Å². The molecule has 0 aliphatic heterocycles. The third kappa shape index (κ3) is 38.3. The highest BCUT2D eigenvalue weighted by atomic mass is 16.5. The van der Waals surface area contributed by atoms with E-state index in [1.807, 2.05) is 13.8 Å². The lowest BCUT2D eigenvalue weighted by atomic mass is 10.1. The maximum Gasteiger partial charge on any atom is 0.305 e. The highest BCUT2D eigenvalue weighted by Gasteiger charge is 2.01. The molecule has 0 N–H and O–H groups in total. The quantitative estimate of drug-likeness (QED) is 0.0567. The molecule has 0 fully saturated rings. The second kappa shape index (κ2) is 37.2. The minimum atomic E-state index is -0.0495. The fourth-order valence-corrected chi connectivity index (χ4v) is 4.19. The van der Waals surface area contributed by atoms with Crippen LogP contribution in [0.5, 0.6) is 0 Å². The van der Waals surface area contributed by atoms with Crippen LogP contribution in [0, 0.1) is 0 Å². The molecule has 0 aromatic carbocycles. The van der Waals surface area contributed by atoms with Crippen molar-refractivity contribution in [1.29, 1.82) is 0 Å². The second-order valence-electron chi connectivity index (χ2n) is 10.5. The van der Waals surface area contributed by atoms with E-state index in [9.17, 15) is 9.59 Å². The van der Waals surface area contributed by atoms with Gasteiger partial charge >= 0.3 is 11.9 Å². The molecule has 0 aliphatic carbocycles. The first-order chi connectivity index (χ1) is 19.6. The van der Waals surface area contributed by atoms with Gasteiger partial charge < -0.3 is 9.47 Å². The number of hydrogen-bond donors (Lipinski definition) is 0. The van der Waals surface area contributed by atoms with Gasteiger partial charge in [-0.2, -0.15) is 0 Å². The first kappa shape index (κ1) is 40.3. The molecule has 234 valence electrons. The zero-order valence-corrected chi connectivity index (χ0v) is 27.1. The van der Waals surface area contributed by atoms with Crippen LogP contribution in [-0.2, 0) is 19.1 Å². The highest BCUT2D eigenvalue weighted by molar-refractivity contribution is 5.69. The van der Waals surface area contributed by atoms with Gasteiger partial charge in [0, 0.05) is 12.8 Å². The molecule has 40 heavy (non-hydrogen) atoms. The Hall–Kier alpha value is -1.84. The fourth-order valence-electron chi connectivity index (χ4n) is 4.19. The number of rotatable bonds is 27. The van der Waals surface area contributed by atoms with Gasteiger partial charge in [0.15, 0.2) is 0 Å². The molecule has 4 nitrogen and oxygen atoms in total. The van der Waals surface area contributed by atoms with Crippen molar-refractivity contribution in [2.75, 3.05) is 13.2 Å². The Balaban J connectivity index is 0. The molecule has 0 aromatic heterocycles. The predicted octanol–water partition coefficient (Wildman–Crippen LogP) is 11.4. The van der Waals surface area contributed by atoms with Gasteiger partial charge in [0.05, 0.1) is 13.2 Å². The van der Waals surface area contributed by atoms with Gasteiger partial charge in [0.25, 0.3) is 0 Å². The number of ether oxygens (including phenoxy) is 2. The molecule has 0 heterocycles. The summed E-state index contributed by atoms with van der Waals surface area (Å²) >= 11 is 0. The molecule has 0 rings (SSSR count). The average Bonchev–Trinajstić information content (AvgIpc) is 2.94. The lowest BCUT2D eigenvalue weighted by molar-refractivity contribution is -0.144. The second-order valence-corrected chi connectivity index (χ2v) is 10.5. The van der Waals surface area contributed by atoms with E-state index in [-0.39, 0.29) is 11.9 Å². The summed E-state index contributed by atoms with van der Waals surface area (Å²) in [4.78, 5) is 22.2. The number of carbonyl (C=O) groups is 2. The summed E-state index contributed by atoms with van der Waals surface area (Å²) in [6.07, 6.45) is 39.2. The van der Waals surface area contributed by atoms with Gasteiger partial charge in [-0.25, -0.2) is 0 Å². The van der Waals surface area contributed by atoms with Crippen LogP contribution >= 0.6 is 0 Å². The van der Waals surface area contributed by atoms with Crippen molar-refractivity contribution in [2.45, 2.75) is 169 Å². The summed E-state index contributed by atoms with van der Waals surface area (Å²) in [5.74, 6) is -0.0925. The maximum absolute atomic E-state index is 11.1. The summed E-state index contributed by atoms with van der Waals surface area (Å²) in [7, 11) is 0. The molecule has 0 aliphatic rings. The van der Waals surface area contributed by atoms with Crippen molar-refractivity contribution in [1.82, 2.24) is 0 Å². The normalized spacial score (nSPS) is 11.3.